The number of ether oxygens (including phenoxy) is 1. The Balaban J connectivity index is 3.44. The number of aryl methyl sites for hydroxylation is 1. The van der Waals surface area contributed by atoms with Gasteiger partial charge in [0, 0.05) is 5.56 Å². The van der Waals surface area contributed by atoms with Crippen molar-refractivity contribution in [3.05, 3.63) is 34.4 Å². The zero-order chi connectivity index (χ0) is 12.3. The molecule has 0 fully saturated rings. The van der Waals surface area contributed by atoms with Crippen LogP contribution in [0.3, 0.4) is 0 Å². The Morgan fingerprint density at radius 1 is 1.50 bits per heavy atom. The van der Waals surface area contributed by atoms with Gasteiger partial charge in [-0.2, -0.15) is 5.26 Å². The molecular formula is C11H9F2NO2. The predicted octanol–water partition coefficient (Wildman–Crippen LogP) is 2.59. The number of methoxy groups -OCH3 is 1. The second-order valence-corrected chi connectivity index (χ2v) is 3.16. The van der Waals surface area contributed by atoms with Crippen LogP contribution in [0.5, 0.6) is 0 Å². The fourth-order valence-corrected chi connectivity index (χ4v) is 1.36. The van der Waals surface area contributed by atoms with E-state index in [1.165, 1.54) is 13.0 Å². The number of carbonyl (C=O) groups is 1. The fourth-order valence-electron chi connectivity index (χ4n) is 1.36. The third kappa shape index (κ3) is 2.16. The highest BCUT2D eigenvalue weighted by atomic mass is 19.3. The average Bonchev–Trinajstić information content (AvgIpc) is 2.26. The molecule has 1 aromatic carbocycles. The van der Waals surface area contributed by atoms with Crippen LogP contribution in [0, 0.1) is 18.3 Å². The number of halogens is 2. The van der Waals surface area contributed by atoms with Crippen molar-refractivity contribution in [2.75, 3.05) is 7.11 Å². The minimum atomic E-state index is -2.69. The molecule has 0 N–H and O–H groups in total. The third-order valence-electron chi connectivity index (χ3n) is 2.13. The van der Waals surface area contributed by atoms with Crippen molar-refractivity contribution in [3.8, 4) is 6.07 Å². The van der Waals surface area contributed by atoms with Crippen LogP contribution in [0.25, 0.3) is 0 Å². The average molecular weight is 225 g/mol. The second kappa shape index (κ2) is 4.71. The SMILES string of the molecule is COC(=O)c1cc(C(F)F)cc(C)c1C#N. The molecule has 0 radical (unpaired) electrons. The summed E-state index contributed by atoms with van der Waals surface area (Å²) in [5, 5.41) is 8.83. The van der Waals surface area contributed by atoms with Crippen molar-refractivity contribution < 1.29 is 18.3 Å². The van der Waals surface area contributed by atoms with E-state index in [1.54, 1.807) is 6.07 Å². The van der Waals surface area contributed by atoms with Gasteiger partial charge in [0.25, 0.3) is 6.43 Å². The van der Waals surface area contributed by atoms with Gasteiger partial charge in [-0.15, -0.1) is 0 Å². The number of nitriles is 1. The topological polar surface area (TPSA) is 50.1 Å². The zero-order valence-electron chi connectivity index (χ0n) is 8.75. The van der Waals surface area contributed by atoms with Crippen molar-refractivity contribution >= 4 is 5.97 Å². The maximum atomic E-state index is 12.5. The Hall–Kier alpha value is -1.96. The van der Waals surface area contributed by atoms with E-state index in [4.69, 9.17) is 5.26 Å². The highest BCUT2D eigenvalue weighted by molar-refractivity contribution is 5.92. The van der Waals surface area contributed by atoms with Crippen LogP contribution in [0.2, 0.25) is 0 Å². The van der Waals surface area contributed by atoms with E-state index in [0.717, 1.165) is 13.2 Å². The Morgan fingerprint density at radius 2 is 2.12 bits per heavy atom. The van der Waals surface area contributed by atoms with Crippen molar-refractivity contribution in [1.29, 1.82) is 5.26 Å². The molecule has 1 rings (SSSR count). The quantitative estimate of drug-likeness (QED) is 0.727. The van der Waals surface area contributed by atoms with Crippen molar-refractivity contribution in [1.82, 2.24) is 0 Å². The van der Waals surface area contributed by atoms with Crippen molar-refractivity contribution in [3.63, 3.8) is 0 Å². The van der Waals surface area contributed by atoms with E-state index in [-0.39, 0.29) is 16.7 Å². The summed E-state index contributed by atoms with van der Waals surface area (Å²) in [4.78, 5) is 11.3. The highest BCUT2D eigenvalue weighted by Crippen LogP contribution is 2.24. The van der Waals surface area contributed by atoms with E-state index in [0.29, 0.717) is 5.56 Å². The monoisotopic (exact) mass is 225 g/mol. The first kappa shape index (κ1) is 12.1. The second-order valence-electron chi connectivity index (χ2n) is 3.16. The van der Waals surface area contributed by atoms with Gasteiger partial charge in [-0.3, -0.25) is 0 Å². The maximum Gasteiger partial charge on any atom is 0.339 e. The largest absolute Gasteiger partial charge is 0.465 e. The van der Waals surface area contributed by atoms with E-state index < -0.39 is 12.4 Å². The molecule has 0 spiro atoms. The van der Waals surface area contributed by atoms with Gasteiger partial charge in [0.05, 0.1) is 18.2 Å². The number of hydrogen-bond acceptors (Lipinski definition) is 3. The summed E-state index contributed by atoms with van der Waals surface area (Å²) in [7, 11) is 1.13. The number of nitrogens with zero attached hydrogens (tertiary/aromatic N) is 1. The zero-order valence-corrected chi connectivity index (χ0v) is 8.75. The normalized spacial score (nSPS) is 10.0. The molecule has 0 saturated heterocycles. The molecule has 0 aliphatic rings. The van der Waals surface area contributed by atoms with Crippen LogP contribution in [-0.4, -0.2) is 13.1 Å². The standard InChI is InChI=1S/C11H9F2NO2/c1-6-3-7(10(12)13)4-8(9(6)5-14)11(15)16-2/h3-4,10H,1-2H3. The van der Waals surface area contributed by atoms with Crippen molar-refractivity contribution in [2.24, 2.45) is 0 Å². The Bertz CT molecular complexity index is 464. The third-order valence-corrected chi connectivity index (χ3v) is 2.13. The van der Waals surface area contributed by atoms with Gasteiger partial charge in [0.2, 0.25) is 0 Å². The number of carbonyl (C=O) groups excluding carboxylic acids is 1. The van der Waals surface area contributed by atoms with Crippen LogP contribution in [0.15, 0.2) is 12.1 Å². The number of esters is 1. The lowest BCUT2D eigenvalue weighted by molar-refractivity contribution is 0.0599. The van der Waals surface area contributed by atoms with Crippen LogP contribution >= 0.6 is 0 Å². The first-order valence-electron chi connectivity index (χ1n) is 4.42. The number of alkyl halides is 2. The molecule has 0 amide bonds. The molecule has 0 aliphatic heterocycles. The Labute approximate surface area is 91.3 Å². The van der Waals surface area contributed by atoms with E-state index in [2.05, 4.69) is 4.74 Å². The van der Waals surface area contributed by atoms with Gasteiger partial charge < -0.3 is 4.74 Å². The lowest BCUT2D eigenvalue weighted by Gasteiger charge is -2.08. The van der Waals surface area contributed by atoms with Gasteiger partial charge in [0.15, 0.2) is 0 Å². The van der Waals surface area contributed by atoms with E-state index in [1.807, 2.05) is 0 Å². The van der Waals surface area contributed by atoms with E-state index in [9.17, 15) is 13.6 Å². The predicted molar refractivity (Wildman–Crippen MR) is 52.2 cm³/mol. The minimum absolute atomic E-state index is 0.0660. The lowest BCUT2D eigenvalue weighted by atomic mass is 9.99. The number of rotatable bonds is 2. The lowest BCUT2D eigenvalue weighted by Crippen LogP contribution is -2.07. The van der Waals surface area contributed by atoms with Gasteiger partial charge in [-0.25, -0.2) is 13.6 Å². The molecule has 84 valence electrons. The summed E-state index contributed by atoms with van der Waals surface area (Å²) in [6, 6.07) is 3.98. The van der Waals surface area contributed by atoms with Gasteiger partial charge in [-0.05, 0) is 24.6 Å². The highest BCUT2D eigenvalue weighted by Gasteiger charge is 2.18. The molecule has 3 nitrogen and oxygen atoms in total. The smallest absolute Gasteiger partial charge is 0.339 e. The first-order valence-corrected chi connectivity index (χ1v) is 4.42. The molecule has 0 aromatic heterocycles. The summed E-state index contributed by atoms with van der Waals surface area (Å²) in [5.74, 6) is -0.790. The molecule has 1 aromatic rings. The summed E-state index contributed by atoms with van der Waals surface area (Å²) in [5.41, 5.74) is -0.0193. The molecule has 0 aliphatic carbocycles. The molecule has 0 saturated carbocycles. The molecule has 0 heterocycles. The molecule has 0 bridgehead atoms. The number of benzene rings is 1. The molecule has 16 heavy (non-hydrogen) atoms. The number of hydrogen-bond donors (Lipinski definition) is 0. The minimum Gasteiger partial charge on any atom is -0.465 e. The van der Waals surface area contributed by atoms with Crippen LogP contribution < -0.4 is 0 Å². The molecule has 5 heteroatoms. The Morgan fingerprint density at radius 3 is 2.56 bits per heavy atom. The van der Waals surface area contributed by atoms with Gasteiger partial charge in [-0.1, -0.05) is 0 Å². The Kier molecular flexibility index (Phi) is 3.56. The van der Waals surface area contributed by atoms with Gasteiger partial charge >= 0.3 is 5.97 Å². The van der Waals surface area contributed by atoms with Gasteiger partial charge in [0.1, 0.15) is 6.07 Å². The van der Waals surface area contributed by atoms with Crippen LogP contribution in [0.4, 0.5) is 8.78 Å². The van der Waals surface area contributed by atoms with Crippen LogP contribution in [-0.2, 0) is 4.74 Å². The first-order chi connectivity index (χ1) is 7.51. The summed E-state index contributed by atoms with van der Waals surface area (Å²) < 4.78 is 29.4. The summed E-state index contributed by atoms with van der Waals surface area (Å²) >= 11 is 0. The molecule has 0 unspecified atom stereocenters. The summed E-state index contributed by atoms with van der Waals surface area (Å²) in [6.07, 6.45) is -2.69. The fraction of sp³-hybridized carbons (Fsp3) is 0.273. The maximum absolute atomic E-state index is 12.5. The van der Waals surface area contributed by atoms with Crippen molar-refractivity contribution in [2.45, 2.75) is 13.3 Å². The summed E-state index contributed by atoms with van der Waals surface area (Å²) in [6.45, 7) is 1.50. The molecular weight excluding hydrogens is 216 g/mol. The van der Waals surface area contributed by atoms with Crippen LogP contribution in [0.1, 0.15) is 33.5 Å². The van der Waals surface area contributed by atoms with E-state index >= 15 is 0 Å². The molecule has 0 atom stereocenters.